The molecule has 0 unspecified atom stereocenters. The van der Waals surface area contributed by atoms with E-state index in [9.17, 15) is 13.2 Å². The molecule has 116 valence electrons. The van der Waals surface area contributed by atoms with E-state index in [1.807, 2.05) is 7.05 Å². The summed E-state index contributed by atoms with van der Waals surface area (Å²) in [6, 6.07) is 5.91. The van der Waals surface area contributed by atoms with Gasteiger partial charge in [-0.05, 0) is 31.3 Å². The van der Waals surface area contributed by atoms with E-state index in [1.54, 1.807) is 0 Å². The summed E-state index contributed by atoms with van der Waals surface area (Å²) in [5.41, 5.74) is 0.437. The Labute approximate surface area is 125 Å². The number of amides is 1. The largest absolute Gasteiger partial charge is 0.374 e. The fourth-order valence-electron chi connectivity index (χ4n) is 2.15. The van der Waals surface area contributed by atoms with Crippen molar-refractivity contribution in [1.82, 2.24) is 10.2 Å². The van der Waals surface area contributed by atoms with Gasteiger partial charge in [0, 0.05) is 31.5 Å². The van der Waals surface area contributed by atoms with E-state index in [-0.39, 0.29) is 16.9 Å². The normalized spacial score (nSPS) is 20.2. The number of hydrogen-bond donors (Lipinski definition) is 1. The minimum atomic E-state index is -3.24. The van der Waals surface area contributed by atoms with Gasteiger partial charge < -0.3 is 15.0 Å². The Hall–Kier alpha value is -1.44. The molecule has 1 heterocycles. The SMILES string of the molecule is CN1CCO[C@@H](CNC(=O)c2ccc(S(C)(=O)=O)cc2)C1. The number of ether oxygens (including phenoxy) is 1. The van der Waals surface area contributed by atoms with Crippen molar-refractivity contribution in [2.45, 2.75) is 11.0 Å². The van der Waals surface area contributed by atoms with Gasteiger partial charge in [0.1, 0.15) is 0 Å². The molecule has 1 aliphatic rings. The number of carbonyl (C=O) groups is 1. The van der Waals surface area contributed by atoms with E-state index in [2.05, 4.69) is 10.2 Å². The molecule has 1 aromatic rings. The lowest BCUT2D eigenvalue weighted by Crippen LogP contribution is -2.45. The van der Waals surface area contributed by atoms with Gasteiger partial charge in [-0.3, -0.25) is 4.79 Å². The Balaban J connectivity index is 1.91. The molecule has 1 amide bonds. The Kier molecular flexibility index (Phi) is 4.97. The van der Waals surface area contributed by atoms with Gasteiger partial charge in [-0.25, -0.2) is 8.42 Å². The van der Waals surface area contributed by atoms with Crippen LogP contribution in [0.5, 0.6) is 0 Å². The Morgan fingerprint density at radius 2 is 2.05 bits per heavy atom. The Bertz CT molecular complexity index is 598. The summed E-state index contributed by atoms with van der Waals surface area (Å²) in [5, 5.41) is 2.81. The van der Waals surface area contributed by atoms with E-state index >= 15 is 0 Å². The molecule has 0 saturated carbocycles. The van der Waals surface area contributed by atoms with E-state index < -0.39 is 9.84 Å². The first kappa shape index (κ1) is 15.9. The lowest BCUT2D eigenvalue weighted by Gasteiger charge is -2.30. The quantitative estimate of drug-likeness (QED) is 0.856. The highest BCUT2D eigenvalue weighted by molar-refractivity contribution is 7.90. The smallest absolute Gasteiger partial charge is 0.251 e. The fourth-order valence-corrected chi connectivity index (χ4v) is 2.78. The lowest BCUT2D eigenvalue weighted by molar-refractivity contribution is -0.0175. The molecule has 0 bridgehead atoms. The summed E-state index contributed by atoms with van der Waals surface area (Å²) in [6.45, 7) is 2.79. The van der Waals surface area contributed by atoms with Gasteiger partial charge in [0.25, 0.3) is 5.91 Å². The van der Waals surface area contributed by atoms with E-state index in [1.165, 1.54) is 24.3 Å². The summed E-state index contributed by atoms with van der Waals surface area (Å²) in [6.07, 6.45) is 1.13. The molecule has 0 radical (unpaired) electrons. The lowest BCUT2D eigenvalue weighted by atomic mass is 10.2. The third kappa shape index (κ3) is 4.52. The molecule has 1 aromatic carbocycles. The molecule has 21 heavy (non-hydrogen) atoms. The van der Waals surface area contributed by atoms with Crippen molar-refractivity contribution in [2.24, 2.45) is 0 Å². The van der Waals surface area contributed by atoms with Gasteiger partial charge in [-0.15, -0.1) is 0 Å². The van der Waals surface area contributed by atoms with Gasteiger partial charge in [0.15, 0.2) is 9.84 Å². The number of nitrogens with one attached hydrogen (secondary N) is 1. The standard InChI is InChI=1S/C14H20N2O4S/c1-16-7-8-20-12(10-16)9-15-14(17)11-3-5-13(6-4-11)21(2,18)19/h3-6,12H,7-10H2,1-2H3,(H,15,17)/t12-/m0/s1. The van der Waals surface area contributed by atoms with Crippen molar-refractivity contribution in [3.63, 3.8) is 0 Å². The van der Waals surface area contributed by atoms with Crippen molar-refractivity contribution in [3.05, 3.63) is 29.8 Å². The molecule has 1 saturated heterocycles. The maximum Gasteiger partial charge on any atom is 0.251 e. The predicted octanol–water partition coefficient (Wildman–Crippen LogP) is 0.151. The Morgan fingerprint density at radius 3 is 2.62 bits per heavy atom. The summed E-state index contributed by atoms with van der Waals surface area (Å²) in [7, 11) is -1.22. The average molecular weight is 312 g/mol. The minimum Gasteiger partial charge on any atom is -0.374 e. The summed E-state index contributed by atoms with van der Waals surface area (Å²) in [5.74, 6) is -0.230. The molecule has 1 N–H and O–H groups in total. The molecule has 7 heteroatoms. The summed E-state index contributed by atoms with van der Waals surface area (Å²) < 4.78 is 28.3. The van der Waals surface area contributed by atoms with E-state index in [4.69, 9.17) is 4.74 Å². The third-order valence-corrected chi connectivity index (χ3v) is 4.51. The van der Waals surface area contributed by atoms with E-state index in [0.29, 0.717) is 18.7 Å². The second-order valence-electron chi connectivity index (χ2n) is 5.26. The van der Waals surface area contributed by atoms with Crippen molar-refractivity contribution in [3.8, 4) is 0 Å². The number of benzene rings is 1. The molecular weight excluding hydrogens is 292 g/mol. The van der Waals surface area contributed by atoms with Crippen LogP contribution in [0.15, 0.2) is 29.2 Å². The van der Waals surface area contributed by atoms with Gasteiger partial charge in [0.2, 0.25) is 0 Å². The molecule has 1 atom stereocenters. The molecule has 1 fully saturated rings. The van der Waals surface area contributed by atoms with Crippen LogP contribution in [0, 0.1) is 0 Å². The third-order valence-electron chi connectivity index (χ3n) is 3.38. The zero-order valence-electron chi connectivity index (χ0n) is 12.2. The number of morpholine rings is 1. The van der Waals surface area contributed by atoms with Crippen molar-refractivity contribution in [1.29, 1.82) is 0 Å². The maximum absolute atomic E-state index is 12.0. The van der Waals surface area contributed by atoms with Crippen molar-refractivity contribution in [2.75, 3.05) is 39.5 Å². The van der Waals surface area contributed by atoms with Crippen LogP contribution in [0.3, 0.4) is 0 Å². The zero-order valence-corrected chi connectivity index (χ0v) is 13.0. The Morgan fingerprint density at radius 1 is 1.38 bits per heavy atom. The van der Waals surface area contributed by atoms with Gasteiger partial charge >= 0.3 is 0 Å². The highest BCUT2D eigenvalue weighted by Crippen LogP contribution is 2.10. The highest BCUT2D eigenvalue weighted by atomic mass is 32.2. The number of nitrogens with zero attached hydrogens (tertiary/aromatic N) is 1. The van der Waals surface area contributed by atoms with Crippen LogP contribution < -0.4 is 5.32 Å². The van der Waals surface area contributed by atoms with Crippen LogP contribution in [-0.4, -0.2) is 64.9 Å². The van der Waals surface area contributed by atoms with Gasteiger partial charge in [-0.1, -0.05) is 0 Å². The molecule has 0 aromatic heterocycles. The second kappa shape index (κ2) is 6.55. The topological polar surface area (TPSA) is 75.7 Å². The first-order valence-electron chi connectivity index (χ1n) is 6.75. The van der Waals surface area contributed by atoms with Crippen LogP contribution in [0.4, 0.5) is 0 Å². The van der Waals surface area contributed by atoms with Gasteiger partial charge in [-0.2, -0.15) is 0 Å². The predicted molar refractivity (Wildman–Crippen MR) is 79.1 cm³/mol. The molecule has 1 aliphatic heterocycles. The molecule has 6 nitrogen and oxygen atoms in total. The van der Waals surface area contributed by atoms with Crippen molar-refractivity contribution < 1.29 is 17.9 Å². The highest BCUT2D eigenvalue weighted by Gasteiger charge is 2.18. The number of sulfone groups is 1. The number of carbonyl (C=O) groups excluding carboxylic acids is 1. The summed E-state index contributed by atoms with van der Waals surface area (Å²) >= 11 is 0. The first-order chi connectivity index (χ1) is 9.86. The van der Waals surface area contributed by atoms with Crippen LogP contribution in [0.2, 0.25) is 0 Å². The monoisotopic (exact) mass is 312 g/mol. The van der Waals surface area contributed by atoms with E-state index in [0.717, 1.165) is 19.3 Å². The fraction of sp³-hybridized carbons (Fsp3) is 0.500. The van der Waals surface area contributed by atoms with Gasteiger partial charge in [0.05, 0.1) is 17.6 Å². The van der Waals surface area contributed by atoms with Crippen LogP contribution >= 0.6 is 0 Å². The van der Waals surface area contributed by atoms with Crippen LogP contribution in [0.1, 0.15) is 10.4 Å². The first-order valence-corrected chi connectivity index (χ1v) is 8.64. The average Bonchev–Trinajstić information content (AvgIpc) is 2.44. The minimum absolute atomic E-state index is 0.0111. The zero-order chi connectivity index (χ0) is 15.5. The van der Waals surface area contributed by atoms with Crippen molar-refractivity contribution >= 4 is 15.7 Å². The molecule has 2 rings (SSSR count). The number of likely N-dealkylation sites (N-methyl/N-ethyl adjacent to an activating group) is 1. The summed E-state index contributed by atoms with van der Waals surface area (Å²) in [4.78, 5) is 14.4. The molecular formula is C14H20N2O4S. The molecule has 0 aliphatic carbocycles. The molecule has 0 spiro atoms. The van der Waals surface area contributed by atoms with Crippen LogP contribution in [0.25, 0.3) is 0 Å². The number of hydrogen-bond acceptors (Lipinski definition) is 5. The number of rotatable bonds is 4. The second-order valence-corrected chi connectivity index (χ2v) is 7.28. The van der Waals surface area contributed by atoms with Crippen LogP contribution in [-0.2, 0) is 14.6 Å². The maximum atomic E-state index is 12.0.